The van der Waals surface area contributed by atoms with E-state index in [4.69, 9.17) is 0 Å². The first kappa shape index (κ1) is 23.8. The van der Waals surface area contributed by atoms with Crippen LogP contribution in [0.15, 0.2) is 35.1 Å². The number of pyridine rings is 1. The van der Waals surface area contributed by atoms with Crippen LogP contribution in [0.4, 0.5) is 49.2 Å². The number of anilines is 4. The van der Waals surface area contributed by atoms with E-state index < -0.39 is 46.2 Å². The first-order valence-electron chi connectivity index (χ1n) is 10.9. The van der Waals surface area contributed by atoms with Crippen LogP contribution in [0.2, 0.25) is 0 Å². The summed E-state index contributed by atoms with van der Waals surface area (Å²) < 4.78 is 84.9. The Labute approximate surface area is 200 Å². The van der Waals surface area contributed by atoms with Crippen molar-refractivity contribution >= 4 is 28.8 Å². The number of alkyl halides is 3. The summed E-state index contributed by atoms with van der Waals surface area (Å²) in [6.45, 7) is 1.29. The van der Waals surface area contributed by atoms with Crippen molar-refractivity contribution in [3.63, 3.8) is 0 Å². The lowest BCUT2D eigenvalue weighted by Crippen LogP contribution is -2.46. The standard InChI is InChI=1S/C24H18F6N4O2/c1-11-9-17-21(32-22(11)35)31-8-2-3-12-15(7-5-14(25)19(12)26)33-10-34(17)23(36)18-16(33)6-4-13(20(18)27)24(28,29)30/h4-7,9H,2-3,8,10H2,1H3,(H2,31,32,35). The number of aryl methyl sites for hydroxylation is 1. The van der Waals surface area contributed by atoms with Crippen LogP contribution in [-0.4, -0.2) is 24.1 Å². The number of nitrogens with one attached hydrogen (secondary N) is 2. The molecule has 0 fully saturated rings. The van der Waals surface area contributed by atoms with E-state index in [0.717, 1.165) is 17.0 Å². The second kappa shape index (κ2) is 8.32. The lowest BCUT2D eigenvalue weighted by Gasteiger charge is -2.39. The van der Waals surface area contributed by atoms with E-state index in [1.165, 1.54) is 24.0 Å². The number of hydrogen-bond acceptors (Lipinski definition) is 4. The molecule has 2 N–H and O–H groups in total. The van der Waals surface area contributed by atoms with Gasteiger partial charge >= 0.3 is 6.18 Å². The van der Waals surface area contributed by atoms with Gasteiger partial charge in [-0.3, -0.25) is 14.5 Å². The molecule has 0 spiro atoms. The molecule has 0 saturated carbocycles. The van der Waals surface area contributed by atoms with Crippen molar-refractivity contribution in [3.8, 4) is 0 Å². The van der Waals surface area contributed by atoms with Gasteiger partial charge in [-0.05, 0) is 50.1 Å². The Morgan fingerprint density at radius 2 is 1.64 bits per heavy atom. The first-order chi connectivity index (χ1) is 17.0. The zero-order valence-corrected chi connectivity index (χ0v) is 18.7. The molecule has 12 heteroatoms. The smallest absolute Gasteiger partial charge is 0.370 e. The molecular weight excluding hydrogens is 490 g/mol. The minimum Gasteiger partial charge on any atom is -0.370 e. The van der Waals surface area contributed by atoms with Gasteiger partial charge in [0, 0.05) is 23.4 Å². The number of aromatic nitrogens is 1. The molecule has 6 nitrogen and oxygen atoms in total. The van der Waals surface area contributed by atoms with E-state index in [-0.39, 0.29) is 60.1 Å². The summed E-state index contributed by atoms with van der Waals surface area (Å²) in [5.74, 6) is -5.04. The average Bonchev–Trinajstić information content (AvgIpc) is 2.83. The van der Waals surface area contributed by atoms with Crippen LogP contribution >= 0.6 is 0 Å². The minimum absolute atomic E-state index is 0.0141. The largest absolute Gasteiger partial charge is 0.419 e. The van der Waals surface area contributed by atoms with E-state index in [1.807, 2.05) is 0 Å². The summed E-state index contributed by atoms with van der Waals surface area (Å²) in [6.07, 6.45) is -4.79. The van der Waals surface area contributed by atoms with Gasteiger partial charge in [0.05, 0.1) is 16.9 Å². The van der Waals surface area contributed by atoms with Crippen LogP contribution in [0, 0.1) is 24.4 Å². The number of H-pyrrole nitrogens is 1. The second-order valence-corrected chi connectivity index (χ2v) is 8.55. The minimum atomic E-state index is -5.08. The van der Waals surface area contributed by atoms with Crippen LogP contribution < -0.4 is 20.7 Å². The molecule has 5 rings (SSSR count). The number of hydrogen-bond donors (Lipinski definition) is 2. The van der Waals surface area contributed by atoms with Gasteiger partial charge in [-0.25, -0.2) is 13.2 Å². The van der Waals surface area contributed by atoms with E-state index in [0.29, 0.717) is 6.07 Å². The molecule has 0 saturated heterocycles. The number of rotatable bonds is 0. The van der Waals surface area contributed by atoms with Gasteiger partial charge in [0.25, 0.3) is 11.5 Å². The predicted molar refractivity (Wildman–Crippen MR) is 120 cm³/mol. The summed E-state index contributed by atoms with van der Waals surface area (Å²) >= 11 is 0. The molecule has 2 aliphatic heterocycles. The molecule has 0 unspecified atom stereocenters. The molecule has 3 aromatic rings. The van der Waals surface area contributed by atoms with Crippen LogP contribution in [0.3, 0.4) is 0 Å². The molecular formula is C24H18F6N4O2. The van der Waals surface area contributed by atoms with Gasteiger partial charge in [-0.2, -0.15) is 13.2 Å². The molecule has 1 amide bonds. The fourth-order valence-electron chi connectivity index (χ4n) is 4.54. The number of halogens is 6. The Morgan fingerprint density at radius 3 is 2.36 bits per heavy atom. The van der Waals surface area contributed by atoms with Crippen molar-refractivity contribution in [1.82, 2.24) is 4.98 Å². The number of nitrogens with zero attached hydrogens (tertiary/aromatic N) is 2. The Kier molecular flexibility index (Phi) is 5.49. The number of aromatic amines is 1. The number of benzene rings is 2. The summed E-state index contributed by atoms with van der Waals surface area (Å²) in [5, 5.41) is 2.93. The maximum absolute atomic E-state index is 15.3. The average molecular weight is 508 g/mol. The molecule has 0 atom stereocenters. The summed E-state index contributed by atoms with van der Waals surface area (Å²) in [6, 6.07) is 4.92. The van der Waals surface area contributed by atoms with Crippen molar-refractivity contribution in [3.05, 3.63) is 80.4 Å². The SMILES string of the molecule is Cc1cc2c([nH]c1=O)NCCCc1c(ccc(F)c1F)N1CN2C(=O)c2c1ccc(C(F)(F)F)c2F. The van der Waals surface area contributed by atoms with Crippen LogP contribution in [0.1, 0.15) is 33.5 Å². The quantitative estimate of drug-likeness (QED) is 0.408. The number of carbonyl (C=O) groups is 1. The Bertz CT molecular complexity index is 1470. The zero-order chi connectivity index (χ0) is 25.9. The van der Waals surface area contributed by atoms with Gasteiger partial charge in [0.1, 0.15) is 23.9 Å². The maximum Gasteiger partial charge on any atom is 0.419 e. The Hall–Kier alpha value is -3.96. The summed E-state index contributed by atoms with van der Waals surface area (Å²) in [5.41, 5.74) is -2.90. The monoisotopic (exact) mass is 508 g/mol. The molecule has 2 bridgehead atoms. The normalized spacial score (nSPS) is 15.5. The molecule has 0 aliphatic carbocycles. The van der Waals surface area contributed by atoms with E-state index in [1.54, 1.807) is 0 Å². The third-order valence-corrected chi connectivity index (χ3v) is 6.32. The maximum atomic E-state index is 15.3. The third-order valence-electron chi connectivity index (χ3n) is 6.32. The number of fused-ring (bicyclic) bond motifs is 8. The molecule has 36 heavy (non-hydrogen) atoms. The second-order valence-electron chi connectivity index (χ2n) is 8.55. The molecule has 188 valence electrons. The molecule has 2 aliphatic rings. The van der Waals surface area contributed by atoms with E-state index in [2.05, 4.69) is 10.3 Å². The Morgan fingerprint density at radius 1 is 0.917 bits per heavy atom. The summed E-state index contributed by atoms with van der Waals surface area (Å²) in [4.78, 5) is 30.6. The third kappa shape index (κ3) is 3.67. The van der Waals surface area contributed by atoms with Crippen molar-refractivity contribution in [2.75, 3.05) is 28.3 Å². The summed E-state index contributed by atoms with van der Waals surface area (Å²) in [7, 11) is 0. The lowest BCUT2D eigenvalue weighted by molar-refractivity contribution is -0.140. The van der Waals surface area contributed by atoms with Gasteiger partial charge in [0.2, 0.25) is 0 Å². The highest BCUT2D eigenvalue weighted by atomic mass is 19.4. The molecule has 3 heterocycles. The Balaban J connectivity index is 1.83. The topological polar surface area (TPSA) is 68.4 Å². The van der Waals surface area contributed by atoms with Crippen LogP contribution in [0.5, 0.6) is 0 Å². The highest BCUT2D eigenvalue weighted by Gasteiger charge is 2.42. The lowest BCUT2D eigenvalue weighted by atomic mass is 9.99. The predicted octanol–water partition coefficient (Wildman–Crippen LogP) is 5.23. The highest BCUT2D eigenvalue weighted by molar-refractivity contribution is 6.14. The molecule has 1 aromatic heterocycles. The van der Waals surface area contributed by atoms with Gasteiger partial charge in [-0.1, -0.05) is 0 Å². The van der Waals surface area contributed by atoms with E-state index in [9.17, 15) is 31.5 Å². The van der Waals surface area contributed by atoms with E-state index >= 15 is 4.39 Å². The number of carbonyl (C=O) groups excluding carboxylic acids is 1. The fraction of sp³-hybridized carbons (Fsp3) is 0.250. The first-order valence-corrected chi connectivity index (χ1v) is 10.9. The molecule has 0 radical (unpaired) electrons. The van der Waals surface area contributed by atoms with Crippen molar-refractivity contribution in [1.29, 1.82) is 0 Å². The van der Waals surface area contributed by atoms with Gasteiger partial charge in [0.15, 0.2) is 11.6 Å². The van der Waals surface area contributed by atoms with Crippen molar-refractivity contribution < 1.29 is 31.1 Å². The number of amides is 1. The van der Waals surface area contributed by atoms with Gasteiger partial charge < -0.3 is 15.2 Å². The van der Waals surface area contributed by atoms with Crippen LogP contribution in [0.25, 0.3) is 0 Å². The van der Waals surface area contributed by atoms with Crippen molar-refractivity contribution in [2.24, 2.45) is 0 Å². The highest BCUT2D eigenvalue weighted by Crippen LogP contribution is 2.44. The van der Waals surface area contributed by atoms with Crippen LogP contribution in [-0.2, 0) is 12.6 Å². The van der Waals surface area contributed by atoms with Gasteiger partial charge in [-0.15, -0.1) is 0 Å². The fourth-order valence-corrected chi connectivity index (χ4v) is 4.54. The van der Waals surface area contributed by atoms with Crippen molar-refractivity contribution in [2.45, 2.75) is 25.9 Å². The molecule has 2 aromatic carbocycles. The zero-order valence-electron chi connectivity index (χ0n) is 18.7.